The minimum Gasteiger partial charge on any atom is -0.423 e. The molecule has 0 aliphatic rings. The predicted octanol–water partition coefficient (Wildman–Crippen LogP) is 3.89. The first-order chi connectivity index (χ1) is 7.25. The fourth-order valence-corrected chi connectivity index (χ4v) is 1.02. The topological polar surface area (TPSA) is 38.9 Å². The van der Waals surface area contributed by atoms with Crippen LogP contribution in [0.15, 0.2) is 16.5 Å². The van der Waals surface area contributed by atoms with Gasteiger partial charge in [-0.05, 0) is 19.1 Å². The molecular weight excluding hydrogens is 188 g/mol. The van der Waals surface area contributed by atoms with Crippen LogP contribution in [0.3, 0.4) is 0 Å². The van der Waals surface area contributed by atoms with Crippen LogP contribution in [0, 0.1) is 13.8 Å². The van der Waals surface area contributed by atoms with Gasteiger partial charge in [-0.2, -0.15) is 0 Å². The summed E-state index contributed by atoms with van der Waals surface area (Å²) in [6.45, 7) is 11.7. The van der Waals surface area contributed by atoms with Crippen molar-refractivity contribution in [2.24, 2.45) is 0 Å². The summed E-state index contributed by atoms with van der Waals surface area (Å²) in [7, 11) is 0. The molecule has 2 rings (SSSR count). The van der Waals surface area contributed by atoms with E-state index in [9.17, 15) is 0 Å². The van der Waals surface area contributed by atoms with E-state index in [1.54, 1.807) is 0 Å². The molecule has 3 nitrogen and oxygen atoms in total. The highest BCUT2D eigenvalue weighted by atomic mass is 16.4. The van der Waals surface area contributed by atoms with Gasteiger partial charge >= 0.3 is 0 Å². The quantitative estimate of drug-likeness (QED) is 0.659. The second kappa shape index (κ2) is 6.98. The molecule has 0 bridgehead atoms. The van der Waals surface area contributed by atoms with Gasteiger partial charge in [-0.3, -0.25) is 0 Å². The molecule has 0 radical (unpaired) electrons. The molecule has 0 saturated carbocycles. The molecule has 0 fully saturated rings. The summed E-state index contributed by atoms with van der Waals surface area (Å²) >= 11 is 0. The average molecular weight is 208 g/mol. The lowest BCUT2D eigenvalue weighted by Gasteiger charge is -1.86. The van der Waals surface area contributed by atoms with Crippen molar-refractivity contribution < 1.29 is 4.42 Å². The lowest BCUT2D eigenvalue weighted by atomic mass is 10.4. The molecule has 0 aliphatic carbocycles. The van der Waals surface area contributed by atoms with Gasteiger partial charge in [0.05, 0.1) is 0 Å². The Morgan fingerprint density at radius 2 is 1.53 bits per heavy atom. The number of aryl methyl sites for hydroxylation is 2. The second-order valence-electron chi connectivity index (χ2n) is 2.51. The van der Waals surface area contributed by atoms with E-state index >= 15 is 0 Å². The van der Waals surface area contributed by atoms with Gasteiger partial charge < -0.3 is 4.42 Å². The molecule has 0 aromatic carbocycles. The van der Waals surface area contributed by atoms with Crippen molar-refractivity contribution in [1.82, 2.24) is 9.97 Å². The van der Waals surface area contributed by atoms with Crippen LogP contribution in [0.5, 0.6) is 0 Å². The van der Waals surface area contributed by atoms with Gasteiger partial charge in [0.25, 0.3) is 0 Å². The van der Waals surface area contributed by atoms with Crippen molar-refractivity contribution in [3.8, 4) is 0 Å². The van der Waals surface area contributed by atoms with E-state index in [0.29, 0.717) is 11.6 Å². The van der Waals surface area contributed by atoms with E-state index in [1.807, 2.05) is 53.7 Å². The van der Waals surface area contributed by atoms with Crippen LogP contribution >= 0.6 is 0 Å². The standard InChI is InChI=1S/C8H8N2O.2C2H6/c1-5-3-4-7-8(9-5)11-6(2)10-7;2*1-2/h3-4H,1-2H3;2*1-2H3. The fraction of sp³-hybridized carbons (Fsp3) is 0.500. The number of oxazole rings is 1. The van der Waals surface area contributed by atoms with Crippen LogP contribution in [-0.2, 0) is 0 Å². The molecule has 0 atom stereocenters. The maximum Gasteiger partial charge on any atom is 0.247 e. The molecule has 2 aromatic heterocycles. The van der Waals surface area contributed by atoms with Crippen molar-refractivity contribution in [3.63, 3.8) is 0 Å². The lowest BCUT2D eigenvalue weighted by Crippen LogP contribution is -1.78. The van der Waals surface area contributed by atoms with E-state index in [1.165, 1.54) is 0 Å². The van der Waals surface area contributed by atoms with E-state index in [4.69, 9.17) is 4.42 Å². The third-order valence-corrected chi connectivity index (χ3v) is 1.50. The van der Waals surface area contributed by atoms with Crippen LogP contribution in [0.4, 0.5) is 0 Å². The van der Waals surface area contributed by atoms with E-state index in [0.717, 1.165) is 11.2 Å². The van der Waals surface area contributed by atoms with E-state index < -0.39 is 0 Å². The van der Waals surface area contributed by atoms with Gasteiger partial charge in [0.2, 0.25) is 5.71 Å². The minimum atomic E-state index is 0.627. The molecule has 0 spiro atoms. The van der Waals surface area contributed by atoms with Crippen LogP contribution in [0.25, 0.3) is 11.2 Å². The van der Waals surface area contributed by atoms with Crippen LogP contribution in [0.2, 0.25) is 0 Å². The number of hydrogen-bond acceptors (Lipinski definition) is 3. The van der Waals surface area contributed by atoms with Crippen LogP contribution in [-0.4, -0.2) is 9.97 Å². The highest BCUT2D eigenvalue weighted by molar-refractivity contribution is 5.67. The Balaban J connectivity index is 0.000000442. The maximum atomic E-state index is 5.23. The molecule has 2 heterocycles. The first-order valence-electron chi connectivity index (χ1n) is 5.46. The van der Waals surface area contributed by atoms with Gasteiger partial charge in [0.15, 0.2) is 5.89 Å². The maximum absolute atomic E-state index is 5.23. The van der Waals surface area contributed by atoms with Gasteiger partial charge in [-0.1, -0.05) is 27.7 Å². The molecule has 2 aromatic rings. The second-order valence-corrected chi connectivity index (χ2v) is 2.51. The van der Waals surface area contributed by atoms with Crippen LogP contribution in [0.1, 0.15) is 39.3 Å². The number of nitrogens with zero attached hydrogens (tertiary/aromatic N) is 2. The normalized spacial score (nSPS) is 8.67. The Labute approximate surface area is 91.5 Å². The number of aromatic nitrogens is 2. The summed E-state index contributed by atoms with van der Waals surface area (Å²) in [5.41, 5.74) is 2.41. The number of pyridine rings is 1. The largest absolute Gasteiger partial charge is 0.423 e. The zero-order chi connectivity index (χ0) is 11.8. The Bertz CT molecular complexity index is 393. The third kappa shape index (κ3) is 3.70. The van der Waals surface area contributed by atoms with E-state index in [2.05, 4.69) is 9.97 Å². The van der Waals surface area contributed by atoms with Gasteiger partial charge in [-0.25, -0.2) is 9.97 Å². The first-order valence-corrected chi connectivity index (χ1v) is 5.46. The van der Waals surface area contributed by atoms with Crippen molar-refractivity contribution >= 4 is 11.2 Å². The molecule has 0 aliphatic heterocycles. The summed E-state index contributed by atoms with van der Waals surface area (Å²) in [5.74, 6) is 0.665. The van der Waals surface area contributed by atoms with Gasteiger partial charge in [-0.15, -0.1) is 0 Å². The Morgan fingerprint density at radius 1 is 0.933 bits per heavy atom. The number of fused-ring (bicyclic) bond motifs is 1. The van der Waals surface area contributed by atoms with Crippen molar-refractivity contribution in [2.45, 2.75) is 41.5 Å². The van der Waals surface area contributed by atoms with Crippen molar-refractivity contribution in [2.75, 3.05) is 0 Å². The SMILES string of the molecule is CC.CC.Cc1ccc2nc(C)oc2n1. The van der Waals surface area contributed by atoms with Crippen LogP contribution < -0.4 is 0 Å². The molecular formula is C12H20N2O. The fourth-order valence-electron chi connectivity index (χ4n) is 1.02. The van der Waals surface area contributed by atoms with Crippen molar-refractivity contribution in [3.05, 3.63) is 23.7 Å². The molecule has 84 valence electrons. The average Bonchev–Trinajstić information content (AvgIpc) is 2.63. The third-order valence-electron chi connectivity index (χ3n) is 1.50. The predicted molar refractivity (Wildman–Crippen MR) is 64.0 cm³/mol. The molecule has 3 heteroatoms. The lowest BCUT2D eigenvalue weighted by molar-refractivity contribution is 0.550. The zero-order valence-electron chi connectivity index (χ0n) is 10.5. The number of rotatable bonds is 0. The Morgan fingerprint density at radius 3 is 2.13 bits per heavy atom. The van der Waals surface area contributed by atoms with Gasteiger partial charge in [0.1, 0.15) is 5.52 Å². The Hall–Kier alpha value is -1.38. The first kappa shape index (κ1) is 13.6. The molecule has 15 heavy (non-hydrogen) atoms. The summed E-state index contributed by atoms with van der Waals surface area (Å²) < 4.78 is 5.23. The highest BCUT2D eigenvalue weighted by Gasteiger charge is 2.01. The summed E-state index contributed by atoms with van der Waals surface area (Å²) in [4.78, 5) is 8.29. The summed E-state index contributed by atoms with van der Waals surface area (Å²) in [5, 5.41) is 0. The highest BCUT2D eigenvalue weighted by Crippen LogP contribution is 2.12. The summed E-state index contributed by atoms with van der Waals surface area (Å²) in [6.07, 6.45) is 0. The molecule has 0 N–H and O–H groups in total. The monoisotopic (exact) mass is 208 g/mol. The molecule has 0 amide bonds. The molecule has 0 saturated heterocycles. The minimum absolute atomic E-state index is 0.627. The smallest absolute Gasteiger partial charge is 0.247 e. The molecule has 0 unspecified atom stereocenters. The van der Waals surface area contributed by atoms with Crippen molar-refractivity contribution in [1.29, 1.82) is 0 Å². The number of hydrogen-bond donors (Lipinski definition) is 0. The Kier molecular flexibility index (Phi) is 6.34. The summed E-state index contributed by atoms with van der Waals surface area (Å²) in [6, 6.07) is 3.83. The zero-order valence-corrected chi connectivity index (χ0v) is 10.5. The van der Waals surface area contributed by atoms with Gasteiger partial charge in [0, 0.05) is 12.6 Å². The van der Waals surface area contributed by atoms with E-state index in [-0.39, 0.29) is 0 Å².